The van der Waals surface area contributed by atoms with Crippen molar-refractivity contribution in [3.8, 4) is 5.75 Å². The molecule has 1 heterocycles. The summed E-state index contributed by atoms with van der Waals surface area (Å²) in [6.45, 7) is 4.60. The molecule has 118 valence electrons. The fourth-order valence-corrected chi connectivity index (χ4v) is 2.40. The van der Waals surface area contributed by atoms with Gasteiger partial charge >= 0.3 is 0 Å². The Balaban J connectivity index is 1.79. The molecule has 0 saturated heterocycles. The Morgan fingerprint density at radius 3 is 2.61 bits per heavy atom. The molecule has 3 rings (SSSR count). The smallest absolute Gasteiger partial charge is 0.224 e. The molecule has 0 aliphatic heterocycles. The number of aromatic nitrogens is 2. The molecule has 1 aromatic heterocycles. The average molecular weight is 308 g/mol. The summed E-state index contributed by atoms with van der Waals surface area (Å²) in [5.41, 5.74) is 7.00. The minimum Gasteiger partial charge on any atom is -0.494 e. The first kappa shape index (κ1) is 15.1. The number of nitrogens with one attached hydrogen (secondary N) is 1. The summed E-state index contributed by atoms with van der Waals surface area (Å²) >= 11 is 0. The van der Waals surface area contributed by atoms with Gasteiger partial charge in [0.1, 0.15) is 5.75 Å². The summed E-state index contributed by atoms with van der Waals surface area (Å²) in [5.74, 6) is 1.59. The van der Waals surface area contributed by atoms with E-state index in [4.69, 9.17) is 4.74 Å². The van der Waals surface area contributed by atoms with Crippen LogP contribution in [0.25, 0.3) is 11.0 Å². The Kier molecular flexibility index (Phi) is 4.28. The summed E-state index contributed by atoms with van der Waals surface area (Å²) in [6.07, 6.45) is 0. The highest BCUT2D eigenvalue weighted by Crippen LogP contribution is 2.18. The molecule has 5 nitrogen and oxygen atoms in total. The summed E-state index contributed by atoms with van der Waals surface area (Å²) in [6, 6.07) is 15.9. The van der Waals surface area contributed by atoms with Gasteiger partial charge in [0, 0.05) is 7.05 Å². The molecule has 1 N–H and O–H groups in total. The summed E-state index contributed by atoms with van der Waals surface area (Å²) < 4.78 is 7.44. The van der Waals surface area contributed by atoms with Crippen LogP contribution in [0, 0.1) is 0 Å². The van der Waals surface area contributed by atoms with Gasteiger partial charge in [0.25, 0.3) is 0 Å². The van der Waals surface area contributed by atoms with E-state index in [-0.39, 0.29) is 0 Å². The van der Waals surface area contributed by atoms with Crippen molar-refractivity contribution >= 4 is 22.7 Å². The van der Waals surface area contributed by atoms with Crippen molar-refractivity contribution in [1.82, 2.24) is 9.55 Å². The number of imidazole rings is 1. The topological polar surface area (TPSA) is 51.4 Å². The van der Waals surface area contributed by atoms with Crippen LogP contribution in [0.4, 0.5) is 5.95 Å². The van der Waals surface area contributed by atoms with Crippen molar-refractivity contribution in [3.05, 3.63) is 54.1 Å². The van der Waals surface area contributed by atoms with Crippen LogP contribution in [0.5, 0.6) is 5.75 Å². The number of rotatable bonds is 5. The van der Waals surface area contributed by atoms with E-state index in [1.165, 1.54) is 0 Å². The fraction of sp³-hybridized carbons (Fsp3) is 0.222. The van der Waals surface area contributed by atoms with E-state index in [1.54, 1.807) is 0 Å². The molecule has 0 fully saturated rings. The van der Waals surface area contributed by atoms with E-state index in [0.717, 1.165) is 34.0 Å². The summed E-state index contributed by atoms with van der Waals surface area (Å²) in [5, 5.41) is 4.44. The van der Waals surface area contributed by atoms with Crippen molar-refractivity contribution in [3.63, 3.8) is 0 Å². The first-order valence-electron chi connectivity index (χ1n) is 7.64. The predicted molar refractivity (Wildman–Crippen MR) is 94.2 cm³/mol. The number of hydrazone groups is 1. The number of anilines is 1. The number of para-hydroxylation sites is 2. The van der Waals surface area contributed by atoms with Crippen LogP contribution in [0.1, 0.15) is 19.4 Å². The Morgan fingerprint density at radius 1 is 1.17 bits per heavy atom. The van der Waals surface area contributed by atoms with Crippen LogP contribution >= 0.6 is 0 Å². The third-order valence-corrected chi connectivity index (χ3v) is 3.69. The predicted octanol–water partition coefficient (Wildman–Crippen LogP) is 3.81. The van der Waals surface area contributed by atoms with Gasteiger partial charge < -0.3 is 9.30 Å². The lowest BCUT2D eigenvalue weighted by molar-refractivity contribution is 0.340. The van der Waals surface area contributed by atoms with Gasteiger partial charge in [0.2, 0.25) is 5.95 Å². The first-order valence-corrected chi connectivity index (χ1v) is 7.64. The number of aryl methyl sites for hydroxylation is 1. The van der Waals surface area contributed by atoms with Crippen molar-refractivity contribution in [2.75, 3.05) is 12.0 Å². The quantitative estimate of drug-likeness (QED) is 0.576. The van der Waals surface area contributed by atoms with Crippen molar-refractivity contribution in [2.24, 2.45) is 12.1 Å². The molecular formula is C18H20N4O. The highest BCUT2D eigenvalue weighted by molar-refractivity contribution is 5.99. The number of benzene rings is 2. The minimum absolute atomic E-state index is 0.667. The van der Waals surface area contributed by atoms with E-state index >= 15 is 0 Å². The van der Waals surface area contributed by atoms with Crippen LogP contribution in [0.3, 0.4) is 0 Å². The molecular weight excluding hydrogens is 288 g/mol. The van der Waals surface area contributed by atoms with Crippen molar-refractivity contribution in [1.29, 1.82) is 0 Å². The molecule has 0 spiro atoms. The maximum Gasteiger partial charge on any atom is 0.224 e. The molecule has 0 aliphatic rings. The summed E-state index contributed by atoms with van der Waals surface area (Å²) in [4.78, 5) is 4.54. The molecule has 0 aliphatic carbocycles. The molecule has 0 bridgehead atoms. The van der Waals surface area contributed by atoms with Gasteiger partial charge in [0.05, 0.1) is 23.4 Å². The zero-order chi connectivity index (χ0) is 16.2. The number of ether oxygens (including phenoxy) is 1. The maximum absolute atomic E-state index is 5.45. The number of nitrogens with zero attached hydrogens (tertiary/aromatic N) is 3. The fourth-order valence-electron chi connectivity index (χ4n) is 2.40. The van der Waals surface area contributed by atoms with Crippen LogP contribution in [-0.4, -0.2) is 21.9 Å². The molecule has 0 unspecified atom stereocenters. The second kappa shape index (κ2) is 6.52. The summed E-state index contributed by atoms with van der Waals surface area (Å²) in [7, 11) is 1.97. The first-order chi connectivity index (χ1) is 11.2. The molecule has 23 heavy (non-hydrogen) atoms. The van der Waals surface area contributed by atoms with Gasteiger partial charge in [-0.2, -0.15) is 5.10 Å². The molecule has 0 saturated carbocycles. The van der Waals surface area contributed by atoms with Crippen LogP contribution in [0.2, 0.25) is 0 Å². The van der Waals surface area contributed by atoms with Gasteiger partial charge in [-0.25, -0.2) is 10.4 Å². The highest BCUT2D eigenvalue weighted by Gasteiger charge is 2.06. The number of hydrogen-bond acceptors (Lipinski definition) is 4. The van der Waals surface area contributed by atoms with E-state index < -0.39 is 0 Å². The van der Waals surface area contributed by atoms with E-state index in [2.05, 4.69) is 15.5 Å². The third-order valence-electron chi connectivity index (χ3n) is 3.69. The molecule has 5 heteroatoms. The van der Waals surface area contributed by atoms with Crippen LogP contribution < -0.4 is 10.2 Å². The van der Waals surface area contributed by atoms with E-state index in [9.17, 15) is 0 Å². The van der Waals surface area contributed by atoms with Crippen molar-refractivity contribution < 1.29 is 4.74 Å². The largest absolute Gasteiger partial charge is 0.494 e. The van der Waals surface area contributed by atoms with Gasteiger partial charge in [-0.05, 0) is 55.8 Å². The molecule has 0 amide bonds. The third kappa shape index (κ3) is 3.18. The Morgan fingerprint density at radius 2 is 1.91 bits per heavy atom. The zero-order valence-corrected chi connectivity index (χ0v) is 13.6. The molecule has 3 aromatic rings. The minimum atomic E-state index is 0.667. The zero-order valence-electron chi connectivity index (χ0n) is 13.6. The molecule has 0 radical (unpaired) electrons. The van der Waals surface area contributed by atoms with Gasteiger partial charge in [-0.1, -0.05) is 12.1 Å². The van der Waals surface area contributed by atoms with Gasteiger partial charge in [-0.3, -0.25) is 0 Å². The van der Waals surface area contributed by atoms with Crippen molar-refractivity contribution in [2.45, 2.75) is 13.8 Å². The van der Waals surface area contributed by atoms with Crippen LogP contribution in [0.15, 0.2) is 53.6 Å². The second-order valence-corrected chi connectivity index (χ2v) is 5.25. The average Bonchev–Trinajstić information content (AvgIpc) is 2.90. The number of hydrogen-bond donors (Lipinski definition) is 1. The standard InChI is InChI=1S/C18H20N4O/c1-4-23-15-11-9-14(10-12-15)13(2)20-21-18-19-16-7-5-6-8-17(16)22(18)3/h5-12H,4H2,1-3H3,(H,19,21)/b20-13+. The molecule has 0 atom stereocenters. The monoisotopic (exact) mass is 308 g/mol. The second-order valence-electron chi connectivity index (χ2n) is 5.25. The Bertz CT molecular complexity index is 834. The Hall–Kier alpha value is -2.82. The SMILES string of the molecule is CCOc1ccc(/C(C)=N/Nc2nc3ccccc3n2C)cc1. The van der Waals surface area contributed by atoms with Crippen LogP contribution in [-0.2, 0) is 7.05 Å². The lowest BCUT2D eigenvalue weighted by Crippen LogP contribution is -2.03. The lowest BCUT2D eigenvalue weighted by atomic mass is 10.1. The van der Waals surface area contributed by atoms with Gasteiger partial charge in [0.15, 0.2) is 0 Å². The number of fused-ring (bicyclic) bond motifs is 1. The van der Waals surface area contributed by atoms with E-state index in [0.29, 0.717) is 6.61 Å². The van der Waals surface area contributed by atoms with E-state index in [1.807, 2.05) is 74.0 Å². The lowest BCUT2D eigenvalue weighted by Gasteiger charge is -2.06. The van der Waals surface area contributed by atoms with Gasteiger partial charge in [-0.15, -0.1) is 0 Å². The maximum atomic E-state index is 5.45. The normalized spacial score (nSPS) is 11.7. The Labute approximate surface area is 135 Å². The highest BCUT2D eigenvalue weighted by atomic mass is 16.5. The molecule has 2 aromatic carbocycles.